The first-order valence-electron chi connectivity index (χ1n) is 4.37. The average Bonchev–Trinajstić information content (AvgIpc) is 2.26. The summed E-state index contributed by atoms with van der Waals surface area (Å²) in [6.07, 6.45) is -4.49. The summed E-state index contributed by atoms with van der Waals surface area (Å²) in [5, 5.41) is 0. The van der Waals surface area contributed by atoms with Gasteiger partial charge in [-0.2, -0.15) is 13.2 Å². The zero-order valence-electron chi connectivity index (χ0n) is 8.41. The van der Waals surface area contributed by atoms with Gasteiger partial charge in [-0.15, -0.1) is 0 Å². The smallest absolute Gasteiger partial charge is 0.407 e. The molecule has 0 aliphatic heterocycles. The number of hydrogen-bond acceptors (Lipinski definition) is 3. The Kier molecular flexibility index (Phi) is 3.54. The molecule has 0 unspecified atom stereocenters. The van der Waals surface area contributed by atoms with Crippen molar-refractivity contribution in [3.05, 3.63) is 35.4 Å². The Morgan fingerprint density at radius 3 is 2.19 bits per heavy atom. The maximum atomic E-state index is 12.2. The number of halogens is 3. The lowest BCUT2D eigenvalue weighted by Crippen LogP contribution is -2.28. The molecule has 0 aliphatic carbocycles. The summed E-state index contributed by atoms with van der Waals surface area (Å²) >= 11 is 0. The number of hydrogen-bond donors (Lipinski definition) is 1. The van der Waals surface area contributed by atoms with Crippen molar-refractivity contribution in [3.63, 3.8) is 0 Å². The van der Waals surface area contributed by atoms with Crippen molar-refractivity contribution in [2.45, 2.75) is 12.2 Å². The maximum Gasteiger partial charge on any atom is 0.407 e. The van der Waals surface area contributed by atoms with Crippen LogP contribution in [0, 0.1) is 0 Å². The lowest BCUT2D eigenvalue weighted by Gasteiger charge is -2.15. The lowest BCUT2D eigenvalue weighted by atomic mass is 10.1. The molecule has 88 valence electrons. The molecule has 3 nitrogen and oxygen atoms in total. The second-order valence-corrected chi connectivity index (χ2v) is 3.13. The SMILES string of the molecule is COC(=O)c1ccc([C@@H](N)C(F)(F)F)cc1. The van der Waals surface area contributed by atoms with Gasteiger partial charge in [-0.3, -0.25) is 0 Å². The fourth-order valence-corrected chi connectivity index (χ4v) is 1.13. The minimum atomic E-state index is -4.49. The summed E-state index contributed by atoms with van der Waals surface area (Å²) in [6, 6.07) is 2.76. The Labute approximate surface area is 90.0 Å². The van der Waals surface area contributed by atoms with Crippen molar-refractivity contribution in [3.8, 4) is 0 Å². The van der Waals surface area contributed by atoms with Gasteiger partial charge in [0, 0.05) is 0 Å². The molecule has 0 bridgehead atoms. The molecule has 6 heteroatoms. The quantitative estimate of drug-likeness (QED) is 0.795. The predicted octanol–water partition coefficient (Wildman–Crippen LogP) is 2.04. The average molecular weight is 233 g/mol. The van der Waals surface area contributed by atoms with Crippen LogP contribution in [0.1, 0.15) is 22.0 Å². The normalized spacial score (nSPS) is 13.3. The number of nitrogens with two attached hydrogens (primary N) is 1. The van der Waals surface area contributed by atoms with E-state index in [1.807, 2.05) is 0 Å². The van der Waals surface area contributed by atoms with Crippen LogP contribution in [0.5, 0.6) is 0 Å². The summed E-state index contributed by atoms with van der Waals surface area (Å²) in [6.45, 7) is 0. The highest BCUT2D eigenvalue weighted by molar-refractivity contribution is 5.89. The molecule has 0 saturated heterocycles. The lowest BCUT2D eigenvalue weighted by molar-refractivity contribution is -0.149. The molecule has 0 saturated carbocycles. The standard InChI is InChI=1S/C10H10F3NO2/c1-16-9(15)7-4-2-6(3-5-7)8(14)10(11,12)13/h2-5,8H,14H2,1H3/t8-/m1/s1. The molecule has 1 atom stereocenters. The van der Waals surface area contributed by atoms with E-state index in [1.54, 1.807) is 0 Å². The van der Waals surface area contributed by atoms with Gasteiger partial charge in [0.15, 0.2) is 0 Å². The molecule has 0 heterocycles. The van der Waals surface area contributed by atoms with Gasteiger partial charge in [-0.25, -0.2) is 4.79 Å². The van der Waals surface area contributed by atoms with E-state index in [9.17, 15) is 18.0 Å². The second kappa shape index (κ2) is 4.52. The minimum Gasteiger partial charge on any atom is -0.465 e. The summed E-state index contributed by atoms with van der Waals surface area (Å²) in [4.78, 5) is 11.0. The van der Waals surface area contributed by atoms with Gasteiger partial charge in [0.05, 0.1) is 12.7 Å². The molecular formula is C10H10F3NO2. The highest BCUT2D eigenvalue weighted by atomic mass is 19.4. The van der Waals surface area contributed by atoms with Crippen LogP contribution in [0.15, 0.2) is 24.3 Å². The van der Waals surface area contributed by atoms with Crippen LogP contribution in [0.3, 0.4) is 0 Å². The third-order valence-electron chi connectivity index (χ3n) is 2.04. The molecule has 0 aliphatic rings. The molecular weight excluding hydrogens is 223 g/mol. The van der Waals surface area contributed by atoms with Gasteiger partial charge in [-0.05, 0) is 17.7 Å². The second-order valence-electron chi connectivity index (χ2n) is 3.13. The molecule has 1 aromatic carbocycles. The van der Waals surface area contributed by atoms with E-state index in [1.165, 1.54) is 19.2 Å². The van der Waals surface area contributed by atoms with Gasteiger partial charge in [0.25, 0.3) is 0 Å². The van der Waals surface area contributed by atoms with Crippen molar-refractivity contribution in [1.29, 1.82) is 0 Å². The molecule has 1 rings (SSSR count). The van der Waals surface area contributed by atoms with Crippen LogP contribution in [0.2, 0.25) is 0 Å². The fraction of sp³-hybridized carbons (Fsp3) is 0.300. The number of methoxy groups -OCH3 is 1. The summed E-state index contributed by atoms with van der Waals surface area (Å²) < 4.78 is 41.1. The number of ether oxygens (including phenoxy) is 1. The van der Waals surface area contributed by atoms with Crippen LogP contribution in [-0.2, 0) is 4.74 Å². The number of esters is 1. The fourth-order valence-electron chi connectivity index (χ4n) is 1.13. The van der Waals surface area contributed by atoms with Gasteiger partial charge in [-0.1, -0.05) is 12.1 Å². The zero-order valence-corrected chi connectivity index (χ0v) is 8.41. The van der Waals surface area contributed by atoms with Gasteiger partial charge in [0.1, 0.15) is 6.04 Å². The Bertz CT molecular complexity index is 373. The van der Waals surface area contributed by atoms with E-state index in [0.717, 1.165) is 12.1 Å². The minimum absolute atomic E-state index is 0.0971. The van der Waals surface area contributed by atoms with E-state index in [-0.39, 0.29) is 11.1 Å². The molecule has 0 fully saturated rings. The first kappa shape index (κ1) is 12.5. The molecule has 0 radical (unpaired) electrons. The number of carbonyl (C=O) groups excluding carboxylic acids is 1. The van der Waals surface area contributed by atoms with Crippen molar-refractivity contribution in [2.75, 3.05) is 7.11 Å². The first-order valence-corrected chi connectivity index (χ1v) is 4.37. The van der Waals surface area contributed by atoms with Crippen LogP contribution in [0.4, 0.5) is 13.2 Å². The zero-order chi connectivity index (χ0) is 12.3. The Balaban J connectivity index is 2.91. The molecule has 2 N–H and O–H groups in total. The number of carbonyl (C=O) groups is 1. The van der Waals surface area contributed by atoms with E-state index < -0.39 is 18.2 Å². The molecule has 1 aromatic rings. The van der Waals surface area contributed by atoms with Crippen LogP contribution in [0.25, 0.3) is 0 Å². The topological polar surface area (TPSA) is 52.3 Å². The number of rotatable bonds is 2. The third-order valence-corrected chi connectivity index (χ3v) is 2.04. The number of benzene rings is 1. The highest BCUT2D eigenvalue weighted by Crippen LogP contribution is 2.30. The summed E-state index contributed by atoms with van der Waals surface area (Å²) in [7, 11) is 1.19. The maximum absolute atomic E-state index is 12.2. The molecule has 0 amide bonds. The first-order chi connectivity index (χ1) is 7.36. The van der Waals surface area contributed by atoms with Gasteiger partial charge in [0.2, 0.25) is 0 Å². The van der Waals surface area contributed by atoms with Crippen molar-refractivity contribution >= 4 is 5.97 Å². The van der Waals surface area contributed by atoms with Crippen molar-refractivity contribution in [1.82, 2.24) is 0 Å². The van der Waals surface area contributed by atoms with Crippen molar-refractivity contribution < 1.29 is 22.7 Å². The monoisotopic (exact) mass is 233 g/mol. The summed E-state index contributed by atoms with van der Waals surface area (Å²) in [5.41, 5.74) is 5.07. The largest absolute Gasteiger partial charge is 0.465 e. The Hall–Kier alpha value is -1.56. The Morgan fingerprint density at radius 2 is 1.81 bits per heavy atom. The molecule has 0 spiro atoms. The van der Waals surface area contributed by atoms with E-state index in [4.69, 9.17) is 5.73 Å². The van der Waals surface area contributed by atoms with E-state index in [0.29, 0.717) is 0 Å². The Morgan fingerprint density at radius 1 is 1.31 bits per heavy atom. The van der Waals surface area contributed by atoms with Crippen molar-refractivity contribution in [2.24, 2.45) is 5.73 Å². The van der Waals surface area contributed by atoms with Gasteiger partial charge >= 0.3 is 12.1 Å². The van der Waals surface area contributed by atoms with Crippen LogP contribution in [-0.4, -0.2) is 19.3 Å². The van der Waals surface area contributed by atoms with E-state index in [2.05, 4.69) is 4.74 Å². The predicted molar refractivity (Wildman–Crippen MR) is 50.8 cm³/mol. The van der Waals surface area contributed by atoms with Gasteiger partial charge < -0.3 is 10.5 Å². The third kappa shape index (κ3) is 2.73. The summed E-state index contributed by atoms with van der Waals surface area (Å²) in [5.74, 6) is -0.605. The molecule has 16 heavy (non-hydrogen) atoms. The van der Waals surface area contributed by atoms with Crippen LogP contribution < -0.4 is 5.73 Å². The van der Waals surface area contributed by atoms with Crippen LogP contribution >= 0.6 is 0 Å². The highest BCUT2D eigenvalue weighted by Gasteiger charge is 2.37. The number of alkyl halides is 3. The molecule has 0 aromatic heterocycles. The van der Waals surface area contributed by atoms with E-state index >= 15 is 0 Å².